The molecule has 1 aromatic heterocycles. The standard InChI is InChI=1S/C50H67N7O6/c1-10-36(42(52-11-2)32(6)62-9)44-38-28-49(7,8)30-63-47(60)39-17-14-23-57(54-39)46(59)40(53-45(58)43(31(4)5)56-24-21-50(48(56)61)20-22-51-29-50)26-33-15-13-16-34(25-33)35-18-19-41(37(38)27-35)55(44)12-3/h10-11,13,15-16,18-19,25,27,31-32,39-40,43,51,54H,1,12,14,17,20-24,26,28-30H2,2-9H3,(H,53,58)/b42-36+,52-11?/t32-,39-,40-,43-,50-/m0/s1. The van der Waals surface area contributed by atoms with Crippen LogP contribution in [0.1, 0.15) is 91.0 Å². The number of carbonyl (C=O) groups is 4. The summed E-state index contributed by atoms with van der Waals surface area (Å²) in [5.74, 6) is -1.33. The minimum Gasteiger partial charge on any atom is -0.464 e. The van der Waals surface area contributed by atoms with Crippen molar-refractivity contribution in [2.45, 2.75) is 118 Å². The van der Waals surface area contributed by atoms with Crippen LogP contribution in [-0.2, 0) is 48.0 Å². The van der Waals surface area contributed by atoms with Gasteiger partial charge in [0.25, 0.3) is 5.91 Å². The van der Waals surface area contributed by atoms with Gasteiger partial charge in [-0.3, -0.25) is 29.2 Å². The number of aromatic nitrogens is 1. The fraction of sp³-hybridized carbons (Fsp3) is 0.540. The Morgan fingerprint density at radius 2 is 1.87 bits per heavy atom. The molecule has 0 radical (unpaired) electrons. The van der Waals surface area contributed by atoms with E-state index in [1.807, 2.05) is 45.9 Å². The van der Waals surface area contributed by atoms with Gasteiger partial charge in [-0.2, -0.15) is 0 Å². The molecule has 0 saturated carbocycles. The Morgan fingerprint density at radius 3 is 2.56 bits per heavy atom. The van der Waals surface area contributed by atoms with Crippen LogP contribution in [0.5, 0.6) is 0 Å². The average Bonchev–Trinajstić information content (AvgIpc) is 3.97. The number of hydrogen-bond acceptors (Lipinski definition) is 9. The zero-order chi connectivity index (χ0) is 45.2. The van der Waals surface area contributed by atoms with Gasteiger partial charge in [-0.15, -0.1) is 0 Å². The first kappa shape index (κ1) is 45.9. The molecule has 6 bridgehead atoms. The molecule has 1 spiro atoms. The van der Waals surface area contributed by atoms with Gasteiger partial charge in [0.2, 0.25) is 11.8 Å². The Balaban J connectivity index is 1.33. The molecule has 0 aliphatic carbocycles. The van der Waals surface area contributed by atoms with Gasteiger partial charge in [0.05, 0.1) is 29.5 Å². The summed E-state index contributed by atoms with van der Waals surface area (Å²) in [5, 5.41) is 9.02. The lowest BCUT2D eigenvalue weighted by molar-refractivity contribution is -0.155. The number of hydrogen-bond donors (Lipinski definition) is 3. The molecule has 13 nitrogen and oxygen atoms in total. The van der Waals surface area contributed by atoms with Crippen LogP contribution in [-0.4, -0.2) is 109 Å². The van der Waals surface area contributed by atoms with Crippen molar-refractivity contribution in [2.75, 3.05) is 39.9 Å². The fourth-order valence-corrected chi connectivity index (χ4v) is 10.2. The molecule has 338 valence electrons. The minimum absolute atomic E-state index is 0.00465. The minimum atomic E-state index is -0.984. The Morgan fingerprint density at radius 1 is 1.10 bits per heavy atom. The Bertz CT molecular complexity index is 2300. The number of amides is 3. The van der Waals surface area contributed by atoms with Crippen LogP contribution >= 0.6 is 0 Å². The normalized spacial score (nSPS) is 24.5. The number of carbonyl (C=O) groups excluding carboxylic acids is 4. The predicted molar refractivity (Wildman–Crippen MR) is 248 cm³/mol. The summed E-state index contributed by atoms with van der Waals surface area (Å²) in [4.78, 5) is 63.6. The largest absolute Gasteiger partial charge is 0.464 e. The summed E-state index contributed by atoms with van der Waals surface area (Å²) in [7, 11) is 1.68. The fourth-order valence-electron chi connectivity index (χ4n) is 10.2. The highest BCUT2D eigenvalue weighted by atomic mass is 16.5. The lowest BCUT2D eigenvalue weighted by Crippen LogP contribution is -2.62. The van der Waals surface area contributed by atoms with E-state index in [4.69, 9.17) is 14.5 Å². The topological polar surface area (TPSA) is 147 Å². The zero-order valence-electron chi connectivity index (χ0n) is 38.5. The van der Waals surface area contributed by atoms with Gasteiger partial charge in [0, 0.05) is 67.8 Å². The van der Waals surface area contributed by atoms with E-state index in [9.17, 15) is 19.2 Å². The molecule has 7 rings (SSSR count). The molecule has 5 heterocycles. The SMILES string of the molecule is C=C/C(=C(\N=CC)[C@H](C)OC)c1c2c3cc(ccc3n1CC)-c1cccc(c1)C[C@H](NC(=O)[C@H](C(C)C)N1CC[C@]3(CCNC3)C1=O)C(=O)N1CCC[C@H](N1)C(=O)OCC(C)(C)C2. The summed E-state index contributed by atoms with van der Waals surface area (Å²) in [5.41, 5.74) is 9.81. The van der Waals surface area contributed by atoms with Gasteiger partial charge >= 0.3 is 5.97 Å². The second kappa shape index (κ2) is 18.9. The molecule has 63 heavy (non-hydrogen) atoms. The van der Waals surface area contributed by atoms with Gasteiger partial charge in [-0.1, -0.05) is 70.7 Å². The van der Waals surface area contributed by atoms with Gasteiger partial charge < -0.3 is 29.6 Å². The van der Waals surface area contributed by atoms with Gasteiger partial charge in [0.15, 0.2) is 0 Å². The number of ether oxygens (including phenoxy) is 2. The van der Waals surface area contributed by atoms with Crippen molar-refractivity contribution in [1.82, 2.24) is 30.5 Å². The zero-order valence-corrected chi connectivity index (χ0v) is 38.5. The number of allylic oxidation sites excluding steroid dienone is 2. The number of likely N-dealkylation sites (tertiary alicyclic amines) is 1. The molecule has 3 saturated heterocycles. The van der Waals surface area contributed by atoms with E-state index in [1.165, 1.54) is 5.01 Å². The number of cyclic esters (lactones) is 1. The Labute approximate surface area is 372 Å². The lowest BCUT2D eigenvalue weighted by Gasteiger charge is -2.37. The van der Waals surface area contributed by atoms with Crippen LogP contribution in [0.3, 0.4) is 0 Å². The van der Waals surface area contributed by atoms with Crippen LogP contribution in [0.2, 0.25) is 0 Å². The highest BCUT2D eigenvalue weighted by Gasteiger charge is 2.52. The van der Waals surface area contributed by atoms with Crippen molar-refractivity contribution in [3.05, 3.63) is 77.6 Å². The third-order valence-corrected chi connectivity index (χ3v) is 13.6. The van der Waals surface area contributed by atoms with Crippen LogP contribution in [0.25, 0.3) is 27.6 Å². The van der Waals surface area contributed by atoms with Crippen LogP contribution in [0.15, 0.2) is 65.8 Å². The lowest BCUT2D eigenvalue weighted by atomic mass is 9.84. The smallest absolute Gasteiger partial charge is 0.324 e. The molecule has 2 aromatic carbocycles. The maximum atomic E-state index is 14.7. The molecule has 13 heteroatoms. The van der Waals surface area contributed by atoms with E-state index < -0.39 is 34.9 Å². The number of aliphatic imine (C=N–C) groups is 1. The average molecular weight is 862 g/mol. The molecular formula is C50H67N7O6. The van der Waals surface area contributed by atoms with E-state index in [0.29, 0.717) is 51.9 Å². The maximum absolute atomic E-state index is 14.7. The number of benzene rings is 2. The quantitative estimate of drug-likeness (QED) is 0.124. The molecule has 5 atom stereocenters. The van der Waals surface area contributed by atoms with Crippen LogP contribution in [0, 0.1) is 16.7 Å². The van der Waals surface area contributed by atoms with E-state index in [0.717, 1.165) is 63.1 Å². The number of methoxy groups -OCH3 is 1. The molecule has 3 fully saturated rings. The third-order valence-electron chi connectivity index (χ3n) is 13.6. The number of hydrazine groups is 1. The van der Waals surface area contributed by atoms with Crippen LogP contribution < -0.4 is 16.1 Å². The van der Waals surface area contributed by atoms with Gasteiger partial charge in [-0.05, 0) is 99.7 Å². The number of aryl methyl sites for hydroxylation is 1. The van der Waals surface area contributed by atoms with Crippen molar-refractivity contribution in [2.24, 2.45) is 21.7 Å². The predicted octanol–water partition coefficient (Wildman–Crippen LogP) is 6.24. The van der Waals surface area contributed by atoms with Crippen molar-refractivity contribution in [3.8, 4) is 11.1 Å². The number of rotatable bonds is 10. The van der Waals surface area contributed by atoms with E-state index in [2.05, 4.69) is 78.3 Å². The Hall–Kier alpha value is -5.11. The first-order chi connectivity index (χ1) is 30.1. The maximum Gasteiger partial charge on any atom is 0.324 e. The number of esters is 1. The molecule has 4 aliphatic heterocycles. The molecule has 3 amide bonds. The van der Waals surface area contributed by atoms with Crippen molar-refractivity contribution >= 4 is 46.4 Å². The van der Waals surface area contributed by atoms with E-state index in [1.54, 1.807) is 18.2 Å². The molecule has 3 N–H and O–H groups in total. The second-order valence-electron chi connectivity index (χ2n) is 18.9. The molecule has 3 aromatic rings. The van der Waals surface area contributed by atoms with Gasteiger partial charge in [-0.25, -0.2) is 5.43 Å². The van der Waals surface area contributed by atoms with E-state index in [-0.39, 0.29) is 42.8 Å². The first-order valence-corrected chi connectivity index (χ1v) is 22.8. The van der Waals surface area contributed by atoms with Crippen molar-refractivity contribution < 1.29 is 28.7 Å². The molecule has 4 aliphatic rings. The van der Waals surface area contributed by atoms with E-state index >= 15 is 0 Å². The summed E-state index contributed by atoms with van der Waals surface area (Å²) < 4.78 is 14.3. The second-order valence-corrected chi connectivity index (χ2v) is 18.9. The van der Waals surface area contributed by atoms with Gasteiger partial charge in [0.1, 0.15) is 18.1 Å². The monoisotopic (exact) mass is 862 g/mol. The Kier molecular flexibility index (Phi) is 13.8. The first-order valence-electron chi connectivity index (χ1n) is 22.8. The van der Waals surface area contributed by atoms with Crippen molar-refractivity contribution in [1.29, 1.82) is 0 Å². The molecule has 0 unspecified atom stereocenters. The highest BCUT2D eigenvalue weighted by Crippen LogP contribution is 2.41. The third kappa shape index (κ3) is 9.15. The number of fused-ring (bicyclic) bond motifs is 6. The van der Waals surface area contributed by atoms with Crippen LogP contribution in [0.4, 0.5) is 0 Å². The highest BCUT2D eigenvalue weighted by molar-refractivity contribution is 5.97. The summed E-state index contributed by atoms with van der Waals surface area (Å²) in [6.45, 7) is 21.5. The number of nitrogens with one attached hydrogen (secondary N) is 3. The summed E-state index contributed by atoms with van der Waals surface area (Å²) in [6.07, 6.45) is 6.63. The summed E-state index contributed by atoms with van der Waals surface area (Å²) >= 11 is 0. The molecular weight excluding hydrogens is 795 g/mol. The number of nitrogens with zero attached hydrogens (tertiary/aromatic N) is 4. The van der Waals surface area contributed by atoms with Crippen molar-refractivity contribution in [3.63, 3.8) is 0 Å². The summed E-state index contributed by atoms with van der Waals surface area (Å²) in [6, 6.07) is 12.2.